The summed E-state index contributed by atoms with van der Waals surface area (Å²) < 4.78 is 0. The van der Waals surface area contributed by atoms with Gasteiger partial charge in [0, 0.05) is 46.5 Å². The maximum absolute atomic E-state index is 4.67. The van der Waals surface area contributed by atoms with Crippen LogP contribution in [0.3, 0.4) is 0 Å². The van der Waals surface area contributed by atoms with Crippen LogP contribution >= 0.6 is 24.0 Å². The van der Waals surface area contributed by atoms with Crippen molar-refractivity contribution in [1.29, 1.82) is 0 Å². The summed E-state index contributed by atoms with van der Waals surface area (Å²) in [5.74, 6) is 2.03. The Morgan fingerprint density at radius 2 is 2.04 bits per heavy atom. The molecule has 0 amide bonds. The molecule has 0 aromatic carbocycles. The van der Waals surface area contributed by atoms with Crippen molar-refractivity contribution in [3.8, 4) is 0 Å². The summed E-state index contributed by atoms with van der Waals surface area (Å²) in [6.07, 6.45) is 11.3. The van der Waals surface area contributed by atoms with E-state index in [0.717, 1.165) is 50.8 Å². The van der Waals surface area contributed by atoms with E-state index in [1.54, 1.807) is 0 Å². The zero-order chi connectivity index (χ0) is 17.9. The maximum atomic E-state index is 4.67. The van der Waals surface area contributed by atoms with Crippen LogP contribution in [0, 0.1) is 0 Å². The highest BCUT2D eigenvalue weighted by Gasteiger charge is 2.11. The highest BCUT2D eigenvalue weighted by Crippen LogP contribution is 2.17. The number of nitrogens with zero attached hydrogens (tertiary/aromatic N) is 4. The van der Waals surface area contributed by atoms with Crippen molar-refractivity contribution in [3.05, 3.63) is 36.5 Å². The largest absolute Gasteiger partial charge is 0.357 e. The number of hydrogen-bond acceptors (Lipinski definition) is 3. The maximum Gasteiger partial charge on any atom is 0.193 e. The van der Waals surface area contributed by atoms with Crippen LogP contribution in [0.15, 0.2) is 36.0 Å². The molecule has 0 spiro atoms. The molecule has 2 heterocycles. The number of halogens is 1. The lowest BCUT2D eigenvalue weighted by molar-refractivity contribution is 0.470. The molecule has 0 saturated carbocycles. The number of pyridine rings is 1. The van der Waals surface area contributed by atoms with Gasteiger partial charge in [0.15, 0.2) is 5.96 Å². The van der Waals surface area contributed by atoms with Crippen LogP contribution in [-0.4, -0.2) is 49.6 Å². The van der Waals surface area contributed by atoms with Gasteiger partial charge in [-0.25, -0.2) is 4.98 Å². The second kappa shape index (κ2) is 12.9. The zero-order valence-electron chi connectivity index (χ0n) is 16.3. The fourth-order valence-electron chi connectivity index (χ4n) is 3.15. The standard InChI is InChI=1S/C20H33N5.HI/c1-4-5-8-13-24(3)20(21-2)23-17-18-11-12-19(22-16-18)25-14-9-6-7-10-15-25;/h4,11-12,16H,1,5-10,13-15,17H2,2-3H3,(H,21,23);1H. The van der Waals surface area contributed by atoms with E-state index < -0.39 is 0 Å². The van der Waals surface area contributed by atoms with Gasteiger partial charge >= 0.3 is 0 Å². The molecule has 1 aliphatic rings. The van der Waals surface area contributed by atoms with E-state index in [1.807, 2.05) is 19.3 Å². The van der Waals surface area contributed by atoms with E-state index in [4.69, 9.17) is 0 Å². The number of rotatable bonds is 7. The minimum atomic E-state index is 0. The normalized spacial score (nSPS) is 15.0. The van der Waals surface area contributed by atoms with Crippen LogP contribution in [0.4, 0.5) is 5.82 Å². The van der Waals surface area contributed by atoms with Gasteiger partial charge in [0.05, 0.1) is 0 Å². The number of nitrogens with one attached hydrogen (secondary N) is 1. The Bertz CT molecular complexity index is 536. The van der Waals surface area contributed by atoms with E-state index >= 15 is 0 Å². The lowest BCUT2D eigenvalue weighted by atomic mass is 10.2. The molecule has 1 fully saturated rings. The summed E-state index contributed by atoms with van der Waals surface area (Å²) in [5, 5.41) is 3.42. The first kappa shape index (κ1) is 22.7. The molecule has 26 heavy (non-hydrogen) atoms. The monoisotopic (exact) mass is 471 g/mol. The van der Waals surface area contributed by atoms with E-state index in [2.05, 4.69) is 50.9 Å². The number of guanidine groups is 1. The summed E-state index contributed by atoms with van der Waals surface area (Å²) in [6.45, 7) is 7.74. The predicted molar refractivity (Wildman–Crippen MR) is 123 cm³/mol. The molecule has 0 radical (unpaired) electrons. The second-order valence-corrected chi connectivity index (χ2v) is 6.68. The van der Waals surface area contributed by atoms with E-state index in [-0.39, 0.29) is 24.0 Å². The van der Waals surface area contributed by atoms with Gasteiger partial charge in [-0.15, -0.1) is 30.6 Å². The Labute approximate surface area is 176 Å². The summed E-state index contributed by atoms with van der Waals surface area (Å²) >= 11 is 0. The number of anilines is 1. The highest BCUT2D eigenvalue weighted by atomic mass is 127. The molecule has 1 saturated heterocycles. The van der Waals surface area contributed by atoms with Crippen LogP contribution in [0.1, 0.15) is 44.1 Å². The summed E-state index contributed by atoms with van der Waals surface area (Å²) in [5.41, 5.74) is 1.18. The fraction of sp³-hybridized carbons (Fsp3) is 0.600. The molecule has 5 nitrogen and oxygen atoms in total. The third-order valence-electron chi connectivity index (χ3n) is 4.66. The molecular formula is C20H34IN5. The van der Waals surface area contributed by atoms with Crippen molar-refractivity contribution in [1.82, 2.24) is 15.2 Å². The summed E-state index contributed by atoms with van der Waals surface area (Å²) in [7, 11) is 3.89. The molecule has 1 aliphatic heterocycles. The number of unbranched alkanes of at least 4 members (excludes halogenated alkanes) is 1. The van der Waals surface area contributed by atoms with E-state index in [9.17, 15) is 0 Å². The number of aliphatic imine (C=N–C) groups is 1. The first-order valence-corrected chi connectivity index (χ1v) is 9.47. The van der Waals surface area contributed by atoms with Crippen molar-refractivity contribution in [2.75, 3.05) is 38.6 Å². The number of allylic oxidation sites excluding steroid dienone is 1. The molecule has 1 N–H and O–H groups in total. The molecule has 0 aliphatic carbocycles. The average Bonchev–Trinajstić information content (AvgIpc) is 2.92. The third kappa shape index (κ3) is 7.51. The third-order valence-corrected chi connectivity index (χ3v) is 4.66. The SMILES string of the molecule is C=CCCCN(C)C(=NC)NCc1ccc(N2CCCCCC2)nc1.I. The minimum Gasteiger partial charge on any atom is -0.357 e. The summed E-state index contributed by atoms with van der Waals surface area (Å²) in [4.78, 5) is 13.6. The van der Waals surface area contributed by atoms with Gasteiger partial charge < -0.3 is 15.1 Å². The van der Waals surface area contributed by atoms with Crippen LogP contribution in [0.2, 0.25) is 0 Å². The predicted octanol–water partition coefficient (Wildman–Crippen LogP) is 4.05. The topological polar surface area (TPSA) is 43.8 Å². The molecule has 1 aromatic rings. The van der Waals surface area contributed by atoms with Gasteiger partial charge in [-0.2, -0.15) is 0 Å². The second-order valence-electron chi connectivity index (χ2n) is 6.68. The van der Waals surface area contributed by atoms with Gasteiger partial charge in [-0.1, -0.05) is 25.0 Å². The average molecular weight is 471 g/mol. The minimum absolute atomic E-state index is 0. The van der Waals surface area contributed by atoms with Gasteiger partial charge in [0.1, 0.15) is 5.82 Å². The highest BCUT2D eigenvalue weighted by molar-refractivity contribution is 14.0. The number of hydrogen-bond donors (Lipinski definition) is 1. The van der Waals surface area contributed by atoms with E-state index in [1.165, 1.54) is 31.2 Å². The molecule has 0 atom stereocenters. The Balaban J connectivity index is 0.00000338. The van der Waals surface area contributed by atoms with Gasteiger partial charge in [-0.05, 0) is 37.3 Å². The lowest BCUT2D eigenvalue weighted by Crippen LogP contribution is -2.39. The molecular weight excluding hydrogens is 437 g/mol. The first-order valence-electron chi connectivity index (χ1n) is 9.47. The van der Waals surface area contributed by atoms with Crippen LogP contribution < -0.4 is 10.2 Å². The zero-order valence-corrected chi connectivity index (χ0v) is 18.6. The molecule has 0 unspecified atom stereocenters. The lowest BCUT2D eigenvalue weighted by Gasteiger charge is -2.23. The Kier molecular flexibility index (Phi) is 11.3. The van der Waals surface area contributed by atoms with Gasteiger partial charge in [0.2, 0.25) is 0 Å². The molecule has 6 heteroatoms. The smallest absolute Gasteiger partial charge is 0.193 e. The molecule has 146 valence electrons. The van der Waals surface area contributed by atoms with Crippen molar-refractivity contribution in [3.63, 3.8) is 0 Å². The quantitative estimate of drug-likeness (QED) is 0.214. The van der Waals surface area contributed by atoms with Gasteiger partial charge in [-0.3, -0.25) is 4.99 Å². The van der Waals surface area contributed by atoms with E-state index in [0.29, 0.717) is 0 Å². The Morgan fingerprint density at radius 1 is 1.31 bits per heavy atom. The van der Waals surface area contributed by atoms with Crippen molar-refractivity contribution >= 4 is 35.8 Å². The van der Waals surface area contributed by atoms with Crippen molar-refractivity contribution in [2.24, 2.45) is 4.99 Å². The molecule has 2 rings (SSSR count). The Morgan fingerprint density at radius 3 is 2.62 bits per heavy atom. The van der Waals surface area contributed by atoms with Crippen LogP contribution in [0.5, 0.6) is 0 Å². The number of aromatic nitrogens is 1. The summed E-state index contributed by atoms with van der Waals surface area (Å²) in [6, 6.07) is 4.32. The van der Waals surface area contributed by atoms with Crippen molar-refractivity contribution < 1.29 is 0 Å². The van der Waals surface area contributed by atoms with Crippen LogP contribution in [0.25, 0.3) is 0 Å². The Hall–Kier alpha value is -1.31. The molecule has 0 bridgehead atoms. The molecule has 1 aromatic heterocycles. The first-order chi connectivity index (χ1) is 12.2. The van der Waals surface area contributed by atoms with Gasteiger partial charge in [0.25, 0.3) is 0 Å². The fourth-order valence-corrected chi connectivity index (χ4v) is 3.15. The van der Waals surface area contributed by atoms with Crippen molar-refractivity contribution in [2.45, 2.75) is 45.1 Å². The van der Waals surface area contributed by atoms with Crippen LogP contribution in [-0.2, 0) is 6.54 Å².